The molecule has 238 valence electrons. The molecule has 4 rings (SSSR count). The van der Waals surface area contributed by atoms with Crippen LogP contribution in [0.5, 0.6) is 5.75 Å². The van der Waals surface area contributed by atoms with Gasteiger partial charge < -0.3 is 32.1 Å². The van der Waals surface area contributed by atoms with Gasteiger partial charge in [-0.15, -0.1) is 0 Å². The van der Waals surface area contributed by atoms with Crippen LogP contribution in [0.25, 0.3) is 0 Å². The molecule has 0 aliphatic carbocycles. The molecule has 3 aromatic carbocycles. The van der Waals surface area contributed by atoms with Crippen LogP contribution >= 0.6 is 0 Å². The van der Waals surface area contributed by atoms with E-state index in [0.717, 1.165) is 33.4 Å². The van der Waals surface area contributed by atoms with Crippen molar-refractivity contribution in [1.29, 1.82) is 0 Å². The van der Waals surface area contributed by atoms with Gasteiger partial charge in [0, 0.05) is 19.4 Å². The maximum atomic E-state index is 13.7. The highest BCUT2D eigenvalue weighted by atomic mass is 16.3. The van der Waals surface area contributed by atoms with E-state index < -0.39 is 41.9 Å². The fourth-order valence-electron chi connectivity index (χ4n) is 5.92. The summed E-state index contributed by atoms with van der Waals surface area (Å²) >= 11 is 0. The van der Waals surface area contributed by atoms with Gasteiger partial charge in [-0.25, -0.2) is 0 Å². The summed E-state index contributed by atoms with van der Waals surface area (Å²) in [5.41, 5.74) is 17.1. The largest absolute Gasteiger partial charge is 0.508 e. The first-order chi connectivity index (χ1) is 21.5. The Morgan fingerprint density at radius 1 is 0.867 bits per heavy atom. The lowest BCUT2D eigenvalue weighted by Gasteiger charge is -2.29. The topological polar surface area (TPSA) is 168 Å². The van der Waals surface area contributed by atoms with Crippen molar-refractivity contribution in [3.8, 4) is 5.75 Å². The number of primary amides is 1. The van der Waals surface area contributed by atoms with Crippen molar-refractivity contribution in [2.24, 2.45) is 11.5 Å². The van der Waals surface area contributed by atoms with Crippen LogP contribution in [0.15, 0.2) is 66.7 Å². The number of aryl methyl sites for hydroxylation is 1. The summed E-state index contributed by atoms with van der Waals surface area (Å²) in [6, 6.07) is 16.4. The molecule has 10 heteroatoms. The summed E-state index contributed by atoms with van der Waals surface area (Å²) in [6.07, 6.45) is 1.68. The highest BCUT2D eigenvalue weighted by Gasteiger charge is 2.38. The molecular weight excluding hydrogens is 570 g/mol. The molecule has 7 N–H and O–H groups in total. The maximum Gasteiger partial charge on any atom is 0.243 e. The van der Waals surface area contributed by atoms with Crippen molar-refractivity contribution < 1.29 is 24.3 Å². The van der Waals surface area contributed by atoms with Crippen LogP contribution in [0.3, 0.4) is 0 Å². The zero-order valence-electron chi connectivity index (χ0n) is 26.1. The third-order valence-electron chi connectivity index (χ3n) is 8.67. The Balaban J connectivity index is 1.49. The number of carbonyl (C=O) groups excluding carboxylic acids is 4. The van der Waals surface area contributed by atoms with Gasteiger partial charge in [-0.1, -0.05) is 60.7 Å². The van der Waals surface area contributed by atoms with Crippen molar-refractivity contribution in [3.63, 3.8) is 0 Å². The second-order valence-electron chi connectivity index (χ2n) is 11.8. The lowest BCUT2D eigenvalue weighted by Crippen LogP contribution is -2.58. The van der Waals surface area contributed by atoms with Crippen LogP contribution in [0.4, 0.5) is 0 Å². The number of rotatable bonds is 12. The average molecular weight is 614 g/mol. The number of aromatic hydroxyl groups is 1. The number of phenols is 1. The molecule has 1 aliphatic heterocycles. The van der Waals surface area contributed by atoms with E-state index in [0.29, 0.717) is 19.4 Å². The Labute approximate surface area is 264 Å². The van der Waals surface area contributed by atoms with E-state index in [1.54, 1.807) is 6.07 Å². The summed E-state index contributed by atoms with van der Waals surface area (Å²) < 4.78 is 0. The molecule has 45 heavy (non-hydrogen) atoms. The van der Waals surface area contributed by atoms with Crippen LogP contribution < -0.4 is 22.1 Å². The summed E-state index contributed by atoms with van der Waals surface area (Å²) in [6.45, 7) is 5.94. The van der Waals surface area contributed by atoms with Crippen LogP contribution in [0, 0.1) is 20.8 Å². The van der Waals surface area contributed by atoms with E-state index in [4.69, 9.17) is 11.5 Å². The molecule has 0 radical (unpaired) electrons. The second kappa shape index (κ2) is 14.9. The molecule has 10 nitrogen and oxygen atoms in total. The quantitative estimate of drug-likeness (QED) is 0.210. The van der Waals surface area contributed by atoms with E-state index in [2.05, 4.69) is 10.6 Å². The number of nitrogens with two attached hydrogens (primary N) is 2. The average Bonchev–Trinajstić information content (AvgIpc) is 3.52. The summed E-state index contributed by atoms with van der Waals surface area (Å²) in [5, 5.41) is 15.7. The number of phenolic OH excluding ortho intramolecular Hbond substituents is 1. The summed E-state index contributed by atoms with van der Waals surface area (Å²) in [4.78, 5) is 54.7. The first-order valence-electron chi connectivity index (χ1n) is 15.3. The van der Waals surface area contributed by atoms with Crippen LogP contribution in [-0.2, 0) is 38.4 Å². The number of hydrogen-bond donors (Lipinski definition) is 5. The first kappa shape index (κ1) is 33.2. The number of likely N-dealkylation sites (tertiary alicyclic amines) is 1. The lowest BCUT2D eigenvalue weighted by molar-refractivity contribution is -0.140. The van der Waals surface area contributed by atoms with Gasteiger partial charge in [-0.3, -0.25) is 19.2 Å². The predicted octanol–water partition coefficient (Wildman–Crippen LogP) is 2.12. The minimum absolute atomic E-state index is 0.175. The molecule has 0 bridgehead atoms. The maximum absolute atomic E-state index is 13.7. The number of benzene rings is 3. The Kier molecular flexibility index (Phi) is 11.0. The van der Waals surface area contributed by atoms with Crippen molar-refractivity contribution in [1.82, 2.24) is 15.5 Å². The zero-order valence-corrected chi connectivity index (χ0v) is 26.1. The minimum Gasteiger partial charge on any atom is -0.508 e. The monoisotopic (exact) mass is 613 g/mol. The molecule has 3 aromatic rings. The SMILES string of the molecule is Cc1cc(O)c(C)c(C)c1C[C@H](N)C(=O)N1CCC[C@H]1C(=O)N[C@@H](Cc1ccccc1)C(=O)N[C@@H](Cc1ccccc1)C(N)=O. The highest BCUT2D eigenvalue weighted by Crippen LogP contribution is 2.28. The molecule has 4 amide bonds. The van der Waals surface area contributed by atoms with Gasteiger partial charge in [-0.2, -0.15) is 0 Å². The number of amides is 4. The van der Waals surface area contributed by atoms with E-state index in [1.165, 1.54) is 4.90 Å². The normalized spacial score (nSPS) is 16.4. The van der Waals surface area contributed by atoms with Gasteiger partial charge in [0.15, 0.2) is 0 Å². The van der Waals surface area contributed by atoms with E-state index >= 15 is 0 Å². The number of hydrogen-bond acceptors (Lipinski definition) is 6. The number of carbonyl (C=O) groups is 4. The van der Waals surface area contributed by atoms with Crippen molar-refractivity contribution in [2.75, 3.05) is 6.54 Å². The molecule has 0 spiro atoms. The predicted molar refractivity (Wildman–Crippen MR) is 172 cm³/mol. The fourth-order valence-corrected chi connectivity index (χ4v) is 5.92. The van der Waals surface area contributed by atoms with Gasteiger partial charge >= 0.3 is 0 Å². The number of nitrogens with zero attached hydrogens (tertiary/aromatic N) is 1. The molecule has 0 saturated carbocycles. The van der Waals surface area contributed by atoms with Crippen LogP contribution in [0.2, 0.25) is 0 Å². The lowest BCUT2D eigenvalue weighted by atomic mass is 9.92. The Morgan fingerprint density at radius 2 is 1.44 bits per heavy atom. The molecule has 4 atom stereocenters. The third-order valence-corrected chi connectivity index (χ3v) is 8.67. The summed E-state index contributed by atoms with van der Waals surface area (Å²) in [7, 11) is 0. The van der Waals surface area contributed by atoms with Gasteiger partial charge in [0.05, 0.1) is 6.04 Å². The van der Waals surface area contributed by atoms with Crippen molar-refractivity contribution >= 4 is 23.6 Å². The molecule has 1 heterocycles. The molecule has 0 unspecified atom stereocenters. The molecule has 1 aliphatic rings. The number of nitrogens with one attached hydrogen (secondary N) is 2. The minimum atomic E-state index is -1.02. The summed E-state index contributed by atoms with van der Waals surface area (Å²) in [5.74, 6) is -1.85. The van der Waals surface area contributed by atoms with Gasteiger partial charge in [-0.05, 0) is 79.5 Å². The smallest absolute Gasteiger partial charge is 0.243 e. The molecular formula is C35H43N5O5. The van der Waals surface area contributed by atoms with Gasteiger partial charge in [0.25, 0.3) is 0 Å². The highest BCUT2D eigenvalue weighted by molar-refractivity contribution is 5.95. The Hall–Kier alpha value is -4.70. The van der Waals surface area contributed by atoms with Crippen molar-refractivity contribution in [3.05, 3.63) is 100 Å². The molecule has 0 aromatic heterocycles. The van der Waals surface area contributed by atoms with Crippen molar-refractivity contribution in [2.45, 2.75) is 77.0 Å². The van der Waals surface area contributed by atoms with Gasteiger partial charge in [0.1, 0.15) is 23.9 Å². The first-order valence-corrected chi connectivity index (χ1v) is 15.3. The molecule has 1 saturated heterocycles. The zero-order chi connectivity index (χ0) is 32.7. The van der Waals surface area contributed by atoms with Crippen LogP contribution in [-0.4, -0.2) is 64.3 Å². The Morgan fingerprint density at radius 3 is 2.02 bits per heavy atom. The van der Waals surface area contributed by atoms with E-state index in [1.807, 2.05) is 81.4 Å². The molecule has 1 fully saturated rings. The fraction of sp³-hybridized carbons (Fsp3) is 0.371. The Bertz CT molecular complexity index is 1530. The van der Waals surface area contributed by atoms with E-state index in [-0.39, 0.29) is 30.9 Å². The second-order valence-corrected chi connectivity index (χ2v) is 11.8. The van der Waals surface area contributed by atoms with Crippen LogP contribution in [0.1, 0.15) is 46.2 Å². The third kappa shape index (κ3) is 8.27. The standard InChI is InChI=1S/C35H43N5O5/c1-21-17-31(41)23(3)22(2)26(21)20-27(36)35(45)40-16-10-15-30(40)34(44)39-29(19-25-13-8-5-9-14-25)33(43)38-28(32(37)42)18-24-11-6-4-7-12-24/h4-9,11-14,17,27-30,41H,10,15-16,18-20,36H2,1-3H3,(H2,37,42)(H,38,43)(H,39,44)/t27-,28-,29-,30-/m0/s1. The van der Waals surface area contributed by atoms with Gasteiger partial charge in [0.2, 0.25) is 23.6 Å². The van der Waals surface area contributed by atoms with E-state index in [9.17, 15) is 24.3 Å².